The van der Waals surface area contributed by atoms with Gasteiger partial charge in [-0.25, -0.2) is 4.79 Å². The maximum Gasteiger partial charge on any atom is 0.391 e. The zero-order chi connectivity index (χ0) is 18.7. The van der Waals surface area contributed by atoms with Crippen molar-refractivity contribution in [1.82, 2.24) is 0 Å². The highest BCUT2D eigenvalue weighted by atomic mass is 19.4. The van der Waals surface area contributed by atoms with Crippen LogP contribution in [0.4, 0.5) is 18.9 Å². The lowest BCUT2D eigenvalue weighted by Crippen LogP contribution is -2.27. The van der Waals surface area contributed by atoms with Crippen LogP contribution < -0.4 is 5.32 Å². The lowest BCUT2D eigenvalue weighted by Gasteiger charge is -2.21. The SMILES string of the molecule is CCCCCCCCCC(CC(F)(F)F)Nc1ccc(C(=O)O)cc1. The van der Waals surface area contributed by atoms with Crippen molar-refractivity contribution in [2.75, 3.05) is 5.32 Å². The summed E-state index contributed by atoms with van der Waals surface area (Å²) in [7, 11) is 0. The Morgan fingerprint density at radius 3 is 2.12 bits per heavy atom. The number of benzene rings is 1. The molecule has 1 aromatic rings. The van der Waals surface area contributed by atoms with Gasteiger partial charge in [-0.2, -0.15) is 13.2 Å². The molecule has 0 aliphatic heterocycles. The second-order valence-corrected chi connectivity index (χ2v) is 6.45. The number of nitrogens with one attached hydrogen (secondary N) is 1. The molecule has 1 rings (SSSR count). The van der Waals surface area contributed by atoms with Gasteiger partial charge in [0, 0.05) is 11.7 Å². The van der Waals surface area contributed by atoms with Crippen molar-refractivity contribution in [1.29, 1.82) is 0 Å². The van der Waals surface area contributed by atoms with E-state index in [1.54, 1.807) is 0 Å². The Balaban J connectivity index is 2.48. The minimum Gasteiger partial charge on any atom is -0.478 e. The highest BCUT2D eigenvalue weighted by Crippen LogP contribution is 2.26. The molecule has 1 unspecified atom stereocenters. The minimum atomic E-state index is -4.22. The first-order valence-corrected chi connectivity index (χ1v) is 8.98. The van der Waals surface area contributed by atoms with E-state index in [2.05, 4.69) is 12.2 Å². The summed E-state index contributed by atoms with van der Waals surface area (Å²) < 4.78 is 38.3. The van der Waals surface area contributed by atoms with Crippen molar-refractivity contribution in [3.8, 4) is 0 Å². The molecule has 0 aromatic heterocycles. The van der Waals surface area contributed by atoms with Gasteiger partial charge in [0.2, 0.25) is 0 Å². The average molecular weight is 359 g/mol. The third-order valence-corrected chi connectivity index (χ3v) is 4.14. The Kier molecular flexibility index (Phi) is 9.39. The summed E-state index contributed by atoms with van der Waals surface area (Å²) in [6, 6.07) is 5.12. The van der Waals surface area contributed by atoms with Gasteiger partial charge in [0.1, 0.15) is 0 Å². The van der Waals surface area contributed by atoms with Gasteiger partial charge >= 0.3 is 12.1 Å². The van der Waals surface area contributed by atoms with E-state index in [1.807, 2.05) is 0 Å². The normalized spacial score (nSPS) is 12.8. The largest absolute Gasteiger partial charge is 0.478 e. The first kappa shape index (κ1) is 21.3. The smallest absolute Gasteiger partial charge is 0.391 e. The number of rotatable bonds is 12. The summed E-state index contributed by atoms with van der Waals surface area (Å²) in [6.45, 7) is 2.15. The van der Waals surface area contributed by atoms with Crippen LogP contribution in [0.15, 0.2) is 24.3 Å². The van der Waals surface area contributed by atoms with E-state index in [-0.39, 0.29) is 5.56 Å². The van der Waals surface area contributed by atoms with Crippen molar-refractivity contribution in [2.45, 2.75) is 76.9 Å². The second kappa shape index (κ2) is 11.0. The average Bonchev–Trinajstić information content (AvgIpc) is 2.53. The molecule has 142 valence electrons. The number of halogens is 3. The quantitative estimate of drug-likeness (QED) is 0.433. The van der Waals surface area contributed by atoms with Gasteiger partial charge < -0.3 is 10.4 Å². The van der Waals surface area contributed by atoms with Gasteiger partial charge in [-0.05, 0) is 30.7 Å². The Morgan fingerprint density at radius 1 is 1.04 bits per heavy atom. The topological polar surface area (TPSA) is 49.3 Å². The van der Waals surface area contributed by atoms with Gasteiger partial charge in [0.25, 0.3) is 0 Å². The Morgan fingerprint density at radius 2 is 1.60 bits per heavy atom. The van der Waals surface area contributed by atoms with E-state index in [4.69, 9.17) is 5.11 Å². The molecule has 0 heterocycles. The van der Waals surface area contributed by atoms with Crippen LogP contribution in [0, 0.1) is 0 Å². The summed E-state index contributed by atoms with van der Waals surface area (Å²) in [5, 5.41) is 11.8. The number of carboxylic acid groups (broad SMARTS) is 1. The van der Waals surface area contributed by atoms with Gasteiger partial charge in [-0.15, -0.1) is 0 Å². The number of unbranched alkanes of at least 4 members (excludes halogenated alkanes) is 6. The highest BCUT2D eigenvalue weighted by Gasteiger charge is 2.31. The number of anilines is 1. The van der Waals surface area contributed by atoms with Crippen LogP contribution in [0.5, 0.6) is 0 Å². The maximum atomic E-state index is 12.8. The highest BCUT2D eigenvalue weighted by molar-refractivity contribution is 5.87. The molecule has 0 saturated carbocycles. The summed E-state index contributed by atoms with van der Waals surface area (Å²) >= 11 is 0. The van der Waals surface area contributed by atoms with Crippen LogP contribution in [0.1, 0.15) is 75.1 Å². The number of aromatic carboxylic acids is 1. The third kappa shape index (κ3) is 9.99. The standard InChI is InChI=1S/C19H28F3NO2/c1-2-3-4-5-6-7-8-9-17(14-19(20,21)22)23-16-12-10-15(11-13-16)18(24)25/h10-13,17,23H,2-9,14H2,1H3,(H,24,25). The van der Waals surface area contributed by atoms with Crippen molar-refractivity contribution in [2.24, 2.45) is 0 Å². The Labute approximate surface area is 147 Å². The van der Waals surface area contributed by atoms with Crippen LogP contribution in [0.2, 0.25) is 0 Å². The molecule has 25 heavy (non-hydrogen) atoms. The van der Waals surface area contributed by atoms with Crippen LogP contribution in [0.25, 0.3) is 0 Å². The van der Waals surface area contributed by atoms with E-state index in [0.29, 0.717) is 12.1 Å². The van der Waals surface area contributed by atoms with Crippen LogP contribution in [0.3, 0.4) is 0 Å². The molecule has 6 heteroatoms. The molecule has 2 N–H and O–H groups in total. The van der Waals surface area contributed by atoms with E-state index in [9.17, 15) is 18.0 Å². The first-order chi connectivity index (χ1) is 11.8. The van der Waals surface area contributed by atoms with Crippen LogP contribution in [-0.4, -0.2) is 23.3 Å². The zero-order valence-electron chi connectivity index (χ0n) is 14.7. The first-order valence-electron chi connectivity index (χ1n) is 8.98. The second-order valence-electron chi connectivity index (χ2n) is 6.45. The fraction of sp³-hybridized carbons (Fsp3) is 0.632. The molecule has 0 amide bonds. The van der Waals surface area contributed by atoms with Crippen molar-refractivity contribution < 1.29 is 23.1 Å². The zero-order valence-corrected chi connectivity index (χ0v) is 14.7. The van der Waals surface area contributed by atoms with E-state index in [0.717, 1.165) is 25.7 Å². The molecular formula is C19H28F3NO2. The molecule has 0 saturated heterocycles. The number of carbonyl (C=O) groups is 1. The molecule has 0 radical (unpaired) electrons. The van der Waals surface area contributed by atoms with Crippen LogP contribution >= 0.6 is 0 Å². The number of hydrogen-bond acceptors (Lipinski definition) is 2. The van der Waals surface area contributed by atoms with Gasteiger partial charge in [0.15, 0.2) is 0 Å². The molecule has 3 nitrogen and oxygen atoms in total. The summed E-state index contributed by atoms with van der Waals surface area (Å²) in [5.74, 6) is -1.05. The molecule has 0 bridgehead atoms. The van der Waals surface area contributed by atoms with Gasteiger partial charge in [-0.3, -0.25) is 0 Å². The lowest BCUT2D eigenvalue weighted by atomic mass is 10.0. The fourth-order valence-electron chi connectivity index (χ4n) is 2.80. The summed E-state index contributed by atoms with van der Waals surface area (Å²) in [5.41, 5.74) is 0.632. The van der Waals surface area contributed by atoms with Crippen molar-refractivity contribution in [3.05, 3.63) is 29.8 Å². The van der Waals surface area contributed by atoms with E-state index in [1.165, 1.54) is 43.5 Å². The Bertz CT molecular complexity index is 500. The molecule has 0 aliphatic rings. The molecular weight excluding hydrogens is 331 g/mol. The summed E-state index contributed by atoms with van der Waals surface area (Å²) in [6.07, 6.45) is 2.83. The molecule has 1 aromatic carbocycles. The van der Waals surface area contributed by atoms with E-state index >= 15 is 0 Å². The fourth-order valence-corrected chi connectivity index (χ4v) is 2.80. The number of carboxylic acids is 1. The predicted octanol–water partition coefficient (Wildman–Crippen LogP) is 6.26. The lowest BCUT2D eigenvalue weighted by molar-refractivity contribution is -0.137. The molecule has 0 aliphatic carbocycles. The maximum absolute atomic E-state index is 12.8. The molecule has 0 spiro atoms. The predicted molar refractivity (Wildman–Crippen MR) is 94.1 cm³/mol. The minimum absolute atomic E-state index is 0.116. The van der Waals surface area contributed by atoms with E-state index < -0.39 is 24.6 Å². The van der Waals surface area contributed by atoms with Gasteiger partial charge in [0.05, 0.1) is 12.0 Å². The molecule has 1 atom stereocenters. The number of alkyl halides is 3. The van der Waals surface area contributed by atoms with Crippen molar-refractivity contribution in [3.63, 3.8) is 0 Å². The summed E-state index contributed by atoms with van der Waals surface area (Å²) in [4.78, 5) is 10.8. The van der Waals surface area contributed by atoms with Crippen LogP contribution in [-0.2, 0) is 0 Å². The van der Waals surface area contributed by atoms with Gasteiger partial charge in [-0.1, -0.05) is 51.9 Å². The number of hydrogen-bond donors (Lipinski definition) is 2. The van der Waals surface area contributed by atoms with Crippen molar-refractivity contribution >= 4 is 11.7 Å². The molecule has 0 fully saturated rings. The monoisotopic (exact) mass is 359 g/mol. The Hall–Kier alpha value is -1.72. The third-order valence-electron chi connectivity index (χ3n) is 4.14.